The van der Waals surface area contributed by atoms with Crippen molar-refractivity contribution in [3.63, 3.8) is 0 Å². The van der Waals surface area contributed by atoms with Gasteiger partial charge < -0.3 is 10.1 Å². The molecule has 3 aromatic carbocycles. The van der Waals surface area contributed by atoms with E-state index < -0.39 is 15.9 Å². The van der Waals surface area contributed by atoms with Crippen molar-refractivity contribution in [2.75, 3.05) is 11.9 Å². The summed E-state index contributed by atoms with van der Waals surface area (Å²) in [4.78, 5) is 12.2. The van der Waals surface area contributed by atoms with Crippen molar-refractivity contribution >= 4 is 44.8 Å². The molecule has 162 valence electrons. The summed E-state index contributed by atoms with van der Waals surface area (Å²) < 4.78 is 33.3. The first kappa shape index (κ1) is 23.1. The van der Waals surface area contributed by atoms with E-state index in [0.29, 0.717) is 16.5 Å². The fourth-order valence-electron chi connectivity index (χ4n) is 2.76. The predicted octanol–water partition coefficient (Wildman–Crippen LogP) is 5.05. The van der Waals surface area contributed by atoms with Crippen molar-refractivity contribution in [3.8, 4) is 5.75 Å². The molecule has 0 fully saturated rings. The number of halogens is 2. The fraction of sp³-hybridized carbons (Fsp3) is 0.136. The standard InChI is InChI=1S/C22H20Cl2N2O4S/c1-15(16-6-3-2-4-7-16)26-31(28,29)18-12-10-17(11-13-18)30-14-21(27)25-20-9-5-8-19(23)22(20)24/h2-13,15,26H,14H2,1H3,(H,25,27)/t15-/m1/s1. The summed E-state index contributed by atoms with van der Waals surface area (Å²) in [6, 6.07) is 19.6. The van der Waals surface area contributed by atoms with E-state index in [1.807, 2.05) is 30.3 Å². The van der Waals surface area contributed by atoms with E-state index in [0.717, 1.165) is 5.56 Å². The van der Waals surface area contributed by atoms with Gasteiger partial charge in [-0.3, -0.25) is 4.79 Å². The summed E-state index contributed by atoms with van der Waals surface area (Å²) >= 11 is 12.0. The lowest BCUT2D eigenvalue weighted by molar-refractivity contribution is -0.118. The van der Waals surface area contributed by atoms with Gasteiger partial charge in [0.2, 0.25) is 10.0 Å². The molecule has 6 nitrogen and oxygen atoms in total. The quantitative estimate of drug-likeness (QED) is 0.474. The van der Waals surface area contributed by atoms with Crippen LogP contribution in [0, 0.1) is 0 Å². The Kier molecular flexibility index (Phi) is 7.56. The summed E-state index contributed by atoms with van der Waals surface area (Å²) in [5.74, 6) is -0.0818. The first-order chi connectivity index (χ1) is 14.8. The Bertz CT molecular complexity index is 1150. The molecule has 0 saturated carbocycles. The van der Waals surface area contributed by atoms with Gasteiger partial charge in [0.05, 0.1) is 20.6 Å². The minimum absolute atomic E-state index is 0.0952. The largest absolute Gasteiger partial charge is 0.484 e. The van der Waals surface area contributed by atoms with E-state index >= 15 is 0 Å². The van der Waals surface area contributed by atoms with Crippen LogP contribution in [0.1, 0.15) is 18.5 Å². The minimum Gasteiger partial charge on any atom is -0.484 e. The number of sulfonamides is 1. The van der Waals surface area contributed by atoms with Crippen LogP contribution in [0.25, 0.3) is 0 Å². The number of nitrogens with one attached hydrogen (secondary N) is 2. The first-order valence-corrected chi connectivity index (χ1v) is 11.5. The average molecular weight is 479 g/mol. The van der Waals surface area contributed by atoms with Crippen molar-refractivity contribution in [2.45, 2.75) is 17.9 Å². The Morgan fingerprint density at radius 2 is 1.65 bits per heavy atom. The number of rotatable bonds is 8. The Morgan fingerprint density at radius 3 is 2.32 bits per heavy atom. The molecule has 0 aliphatic carbocycles. The molecule has 0 bridgehead atoms. The van der Waals surface area contributed by atoms with Gasteiger partial charge in [-0.25, -0.2) is 13.1 Å². The number of benzene rings is 3. The van der Waals surface area contributed by atoms with Gasteiger partial charge in [0.15, 0.2) is 6.61 Å². The fourth-order valence-corrected chi connectivity index (χ4v) is 4.34. The zero-order valence-electron chi connectivity index (χ0n) is 16.5. The molecule has 3 rings (SSSR count). The topological polar surface area (TPSA) is 84.5 Å². The molecule has 1 amide bonds. The van der Waals surface area contributed by atoms with Crippen molar-refractivity contribution in [1.82, 2.24) is 4.72 Å². The van der Waals surface area contributed by atoms with Crippen LogP contribution >= 0.6 is 23.2 Å². The number of hydrogen-bond donors (Lipinski definition) is 2. The third-order valence-electron chi connectivity index (χ3n) is 4.36. The Hall–Kier alpha value is -2.58. The monoisotopic (exact) mass is 478 g/mol. The Morgan fingerprint density at radius 1 is 0.968 bits per heavy atom. The molecule has 1 atom stereocenters. The molecule has 0 saturated heterocycles. The number of ether oxygens (including phenoxy) is 1. The smallest absolute Gasteiger partial charge is 0.262 e. The maximum Gasteiger partial charge on any atom is 0.262 e. The molecule has 0 spiro atoms. The van der Waals surface area contributed by atoms with Crippen LogP contribution in [0.3, 0.4) is 0 Å². The summed E-state index contributed by atoms with van der Waals surface area (Å²) in [5.41, 5.74) is 1.24. The summed E-state index contributed by atoms with van der Waals surface area (Å²) in [6.45, 7) is 1.49. The maximum absolute atomic E-state index is 12.6. The highest BCUT2D eigenvalue weighted by molar-refractivity contribution is 7.89. The zero-order valence-corrected chi connectivity index (χ0v) is 18.8. The lowest BCUT2D eigenvalue weighted by Crippen LogP contribution is -2.26. The molecule has 0 heterocycles. The number of carbonyl (C=O) groups excluding carboxylic acids is 1. The van der Waals surface area contributed by atoms with Crippen molar-refractivity contribution in [2.24, 2.45) is 0 Å². The number of hydrogen-bond acceptors (Lipinski definition) is 4. The van der Waals surface area contributed by atoms with E-state index in [2.05, 4.69) is 10.0 Å². The summed E-state index contributed by atoms with van der Waals surface area (Å²) in [5, 5.41) is 3.17. The second-order valence-corrected chi connectivity index (χ2v) is 9.16. The van der Waals surface area contributed by atoms with Gasteiger partial charge in [-0.2, -0.15) is 0 Å². The van der Waals surface area contributed by atoms with E-state index in [-0.39, 0.29) is 22.6 Å². The van der Waals surface area contributed by atoms with Crippen LogP contribution in [-0.2, 0) is 14.8 Å². The third-order valence-corrected chi connectivity index (χ3v) is 6.74. The van der Waals surface area contributed by atoms with Crippen LogP contribution in [0.15, 0.2) is 77.7 Å². The van der Waals surface area contributed by atoms with Crippen LogP contribution < -0.4 is 14.8 Å². The Labute approximate surface area is 191 Å². The molecule has 0 aromatic heterocycles. The van der Waals surface area contributed by atoms with E-state index in [1.54, 1.807) is 25.1 Å². The van der Waals surface area contributed by atoms with Gasteiger partial charge >= 0.3 is 0 Å². The lowest BCUT2D eigenvalue weighted by Gasteiger charge is -2.15. The molecule has 0 unspecified atom stereocenters. The number of amides is 1. The molecule has 0 aliphatic heterocycles. The van der Waals surface area contributed by atoms with Crippen LogP contribution in [0.2, 0.25) is 10.0 Å². The van der Waals surface area contributed by atoms with Gasteiger partial charge in [-0.15, -0.1) is 0 Å². The van der Waals surface area contributed by atoms with E-state index in [1.165, 1.54) is 24.3 Å². The van der Waals surface area contributed by atoms with Crippen LogP contribution in [-0.4, -0.2) is 20.9 Å². The second kappa shape index (κ2) is 10.2. The maximum atomic E-state index is 12.6. The zero-order chi connectivity index (χ0) is 22.4. The number of anilines is 1. The second-order valence-electron chi connectivity index (χ2n) is 6.66. The highest BCUT2D eigenvalue weighted by Crippen LogP contribution is 2.29. The highest BCUT2D eigenvalue weighted by atomic mass is 35.5. The minimum atomic E-state index is -3.72. The summed E-state index contributed by atoms with van der Waals surface area (Å²) in [7, 11) is -3.72. The molecule has 9 heteroatoms. The first-order valence-electron chi connectivity index (χ1n) is 9.30. The molecule has 31 heavy (non-hydrogen) atoms. The van der Waals surface area contributed by atoms with Crippen molar-refractivity contribution < 1.29 is 17.9 Å². The van der Waals surface area contributed by atoms with Gasteiger partial charge in [0.1, 0.15) is 5.75 Å². The normalized spacial score (nSPS) is 12.2. The highest BCUT2D eigenvalue weighted by Gasteiger charge is 2.18. The molecule has 0 radical (unpaired) electrons. The predicted molar refractivity (Wildman–Crippen MR) is 122 cm³/mol. The van der Waals surface area contributed by atoms with Gasteiger partial charge in [-0.05, 0) is 48.9 Å². The van der Waals surface area contributed by atoms with Gasteiger partial charge in [-0.1, -0.05) is 59.6 Å². The van der Waals surface area contributed by atoms with Crippen LogP contribution in [0.5, 0.6) is 5.75 Å². The number of carbonyl (C=O) groups is 1. The average Bonchev–Trinajstić information content (AvgIpc) is 2.76. The lowest BCUT2D eigenvalue weighted by atomic mass is 10.1. The molecule has 3 aromatic rings. The van der Waals surface area contributed by atoms with E-state index in [4.69, 9.17) is 27.9 Å². The van der Waals surface area contributed by atoms with Gasteiger partial charge in [0, 0.05) is 6.04 Å². The molecule has 2 N–H and O–H groups in total. The van der Waals surface area contributed by atoms with E-state index in [9.17, 15) is 13.2 Å². The Balaban J connectivity index is 1.58. The SMILES string of the molecule is C[C@@H](NS(=O)(=O)c1ccc(OCC(=O)Nc2cccc(Cl)c2Cl)cc1)c1ccccc1. The van der Waals surface area contributed by atoms with Crippen molar-refractivity contribution in [3.05, 3.63) is 88.4 Å². The van der Waals surface area contributed by atoms with Crippen molar-refractivity contribution in [1.29, 1.82) is 0 Å². The molecular weight excluding hydrogens is 459 g/mol. The summed E-state index contributed by atoms with van der Waals surface area (Å²) in [6.07, 6.45) is 0. The van der Waals surface area contributed by atoms with Gasteiger partial charge in [0.25, 0.3) is 5.91 Å². The molecular formula is C22H20Cl2N2O4S. The van der Waals surface area contributed by atoms with Crippen LogP contribution in [0.4, 0.5) is 5.69 Å². The third kappa shape index (κ3) is 6.21. The molecule has 0 aliphatic rings.